The Balaban J connectivity index is 1.48. The van der Waals surface area contributed by atoms with Crippen molar-refractivity contribution in [1.29, 1.82) is 0 Å². The lowest BCUT2D eigenvalue weighted by molar-refractivity contribution is -0.126. The number of carbonyl (C=O) groups excluding carboxylic acids is 1. The van der Waals surface area contributed by atoms with Crippen molar-refractivity contribution in [3.63, 3.8) is 0 Å². The third-order valence-electron chi connectivity index (χ3n) is 4.74. The van der Waals surface area contributed by atoms with E-state index in [1.165, 1.54) is 0 Å². The molecule has 0 saturated carbocycles. The molecule has 1 saturated heterocycles. The van der Waals surface area contributed by atoms with Crippen molar-refractivity contribution in [3.05, 3.63) is 35.2 Å². The molecule has 0 radical (unpaired) electrons. The third kappa shape index (κ3) is 7.01. The van der Waals surface area contributed by atoms with Gasteiger partial charge >= 0.3 is 0 Å². The van der Waals surface area contributed by atoms with Gasteiger partial charge in [-0.15, -0.1) is 0 Å². The molecule has 2 heterocycles. The van der Waals surface area contributed by atoms with Gasteiger partial charge in [0.15, 0.2) is 0 Å². The Bertz CT molecular complexity index is 804. The summed E-state index contributed by atoms with van der Waals surface area (Å²) in [5.74, 6) is 2.22. The van der Waals surface area contributed by atoms with E-state index < -0.39 is 0 Å². The molecule has 0 aliphatic carbocycles. The van der Waals surface area contributed by atoms with Crippen LogP contribution in [-0.4, -0.2) is 51.1 Å². The summed E-state index contributed by atoms with van der Waals surface area (Å²) in [5, 5.41) is 7.83. The highest BCUT2D eigenvalue weighted by Gasteiger charge is 2.26. The second-order valence-electron chi connectivity index (χ2n) is 8.34. The molecule has 3 rings (SSSR count). The van der Waals surface area contributed by atoms with Gasteiger partial charge in [-0.05, 0) is 43.7 Å². The third-order valence-corrected chi connectivity index (χ3v) is 6.27. The van der Waals surface area contributed by atoms with E-state index in [9.17, 15) is 4.79 Å². The quantitative estimate of drug-likeness (QED) is 0.654. The molecule has 0 bridgehead atoms. The molecule has 29 heavy (non-hydrogen) atoms. The number of carbonyl (C=O) groups is 1. The van der Waals surface area contributed by atoms with Crippen molar-refractivity contribution >= 4 is 29.3 Å². The first-order valence-electron chi connectivity index (χ1n) is 10.0. The first kappa shape index (κ1) is 22.1. The summed E-state index contributed by atoms with van der Waals surface area (Å²) in [7, 11) is 0. The first-order chi connectivity index (χ1) is 13.8. The SMILES string of the molecule is CC(C)(C)SCCNC(=O)C1CCCN(Cc2nc(-c3ccc(Cl)cc3)no2)C1. The lowest BCUT2D eigenvalue weighted by Gasteiger charge is -2.31. The summed E-state index contributed by atoms with van der Waals surface area (Å²) in [5.41, 5.74) is 0.869. The summed E-state index contributed by atoms with van der Waals surface area (Å²) in [6, 6.07) is 7.36. The van der Waals surface area contributed by atoms with Gasteiger partial charge in [-0.3, -0.25) is 9.69 Å². The number of hydrogen-bond acceptors (Lipinski definition) is 6. The van der Waals surface area contributed by atoms with Crippen LogP contribution in [0.2, 0.25) is 5.02 Å². The summed E-state index contributed by atoms with van der Waals surface area (Å²) in [6.45, 7) is 9.49. The molecule has 1 aromatic heterocycles. The molecular formula is C21H29ClN4O2S. The lowest BCUT2D eigenvalue weighted by atomic mass is 9.97. The fraction of sp³-hybridized carbons (Fsp3) is 0.571. The number of piperidine rings is 1. The molecule has 2 aromatic rings. The van der Waals surface area contributed by atoms with Gasteiger partial charge in [0.2, 0.25) is 17.6 Å². The van der Waals surface area contributed by atoms with Gasteiger partial charge in [-0.1, -0.05) is 37.5 Å². The number of thioether (sulfide) groups is 1. The van der Waals surface area contributed by atoms with E-state index in [4.69, 9.17) is 16.1 Å². The van der Waals surface area contributed by atoms with Gasteiger partial charge in [0, 0.05) is 34.2 Å². The highest BCUT2D eigenvalue weighted by atomic mass is 35.5. The molecule has 1 atom stereocenters. The maximum Gasteiger partial charge on any atom is 0.241 e. The van der Waals surface area contributed by atoms with Gasteiger partial charge < -0.3 is 9.84 Å². The lowest BCUT2D eigenvalue weighted by Crippen LogP contribution is -2.43. The molecule has 6 nitrogen and oxygen atoms in total. The number of nitrogens with one attached hydrogen (secondary N) is 1. The van der Waals surface area contributed by atoms with Crippen LogP contribution in [0, 0.1) is 5.92 Å². The van der Waals surface area contributed by atoms with E-state index in [1.807, 2.05) is 23.9 Å². The van der Waals surface area contributed by atoms with Crippen molar-refractivity contribution < 1.29 is 9.32 Å². The Morgan fingerprint density at radius 3 is 2.83 bits per heavy atom. The standard InChI is InChI=1S/C21H29ClN4O2S/c1-21(2,3)29-12-10-23-20(27)16-5-4-11-26(13-16)14-18-24-19(25-28-18)15-6-8-17(22)9-7-15/h6-9,16H,4-5,10-14H2,1-3H3,(H,23,27). The number of halogens is 1. The van der Waals surface area contributed by atoms with E-state index >= 15 is 0 Å². The monoisotopic (exact) mass is 436 g/mol. The van der Waals surface area contributed by atoms with Gasteiger partial charge in [0.05, 0.1) is 12.5 Å². The molecule has 1 unspecified atom stereocenters. The molecule has 1 amide bonds. The normalized spacial score (nSPS) is 18.0. The zero-order valence-electron chi connectivity index (χ0n) is 17.3. The molecular weight excluding hydrogens is 408 g/mol. The molecule has 8 heteroatoms. The molecule has 1 aliphatic rings. The van der Waals surface area contributed by atoms with Crippen molar-refractivity contribution in [3.8, 4) is 11.4 Å². The smallest absolute Gasteiger partial charge is 0.241 e. The Kier molecular flexibility index (Phi) is 7.60. The minimum Gasteiger partial charge on any atom is -0.355 e. The van der Waals surface area contributed by atoms with E-state index in [0.29, 0.717) is 29.8 Å². The highest BCUT2D eigenvalue weighted by Crippen LogP contribution is 2.23. The second-order valence-corrected chi connectivity index (χ2v) is 10.7. The summed E-state index contributed by atoms with van der Waals surface area (Å²) >= 11 is 7.79. The van der Waals surface area contributed by atoms with Crippen LogP contribution in [0.5, 0.6) is 0 Å². The highest BCUT2D eigenvalue weighted by molar-refractivity contribution is 8.00. The number of rotatable bonds is 7. The number of aromatic nitrogens is 2. The Morgan fingerprint density at radius 2 is 2.10 bits per heavy atom. The van der Waals surface area contributed by atoms with Crippen LogP contribution in [0.4, 0.5) is 0 Å². The fourth-order valence-electron chi connectivity index (χ4n) is 3.32. The van der Waals surface area contributed by atoms with Crippen LogP contribution in [0.25, 0.3) is 11.4 Å². The van der Waals surface area contributed by atoms with Crippen molar-refractivity contribution in [1.82, 2.24) is 20.4 Å². The Morgan fingerprint density at radius 1 is 1.34 bits per heavy atom. The Hall–Kier alpha value is -1.57. The topological polar surface area (TPSA) is 71.3 Å². The number of likely N-dealkylation sites (tertiary alicyclic amines) is 1. The van der Waals surface area contributed by atoms with Crippen LogP contribution in [-0.2, 0) is 11.3 Å². The van der Waals surface area contributed by atoms with Gasteiger partial charge in [0.1, 0.15) is 0 Å². The number of amides is 1. The molecule has 158 valence electrons. The second kappa shape index (κ2) is 9.96. The number of hydrogen-bond donors (Lipinski definition) is 1. The summed E-state index contributed by atoms with van der Waals surface area (Å²) < 4.78 is 5.64. The van der Waals surface area contributed by atoms with E-state index in [-0.39, 0.29) is 16.6 Å². The van der Waals surface area contributed by atoms with E-state index in [2.05, 4.69) is 41.1 Å². The molecule has 1 N–H and O–H groups in total. The van der Waals surface area contributed by atoms with Gasteiger partial charge in [-0.2, -0.15) is 16.7 Å². The van der Waals surface area contributed by atoms with Crippen LogP contribution in [0.15, 0.2) is 28.8 Å². The van der Waals surface area contributed by atoms with E-state index in [0.717, 1.165) is 37.2 Å². The minimum atomic E-state index is 0.0158. The van der Waals surface area contributed by atoms with Gasteiger partial charge in [-0.25, -0.2) is 0 Å². The average molecular weight is 437 g/mol. The molecule has 0 spiro atoms. The summed E-state index contributed by atoms with van der Waals surface area (Å²) in [4.78, 5) is 19.2. The van der Waals surface area contributed by atoms with E-state index in [1.54, 1.807) is 12.1 Å². The number of nitrogens with zero attached hydrogens (tertiary/aromatic N) is 3. The maximum atomic E-state index is 12.5. The fourth-order valence-corrected chi connectivity index (χ4v) is 4.26. The first-order valence-corrected chi connectivity index (χ1v) is 11.4. The van der Waals surface area contributed by atoms with Crippen LogP contribution in [0.1, 0.15) is 39.5 Å². The van der Waals surface area contributed by atoms with Crippen LogP contribution in [0.3, 0.4) is 0 Å². The zero-order valence-corrected chi connectivity index (χ0v) is 18.9. The minimum absolute atomic E-state index is 0.0158. The van der Waals surface area contributed by atoms with Crippen LogP contribution < -0.4 is 5.32 Å². The zero-order chi connectivity index (χ0) is 20.9. The largest absolute Gasteiger partial charge is 0.355 e. The predicted octanol–water partition coefficient (Wildman–Crippen LogP) is 4.25. The molecule has 1 aromatic carbocycles. The molecule has 1 fully saturated rings. The van der Waals surface area contributed by atoms with Crippen molar-refractivity contribution in [2.24, 2.45) is 5.92 Å². The average Bonchev–Trinajstić information content (AvgIpc) is 3.13. The Labute approximate surface area is 181 Å². The summed E-state index contributed by atoms with van der Waals surface area (Å²) in [6.07, 6.45) is 1.92. The molecule has 1 aliphatic heterocycles. The predicted molar refractivity (Wildman–Crippen MR) is 118 cm³/mol. The maximum absolute atomic E-state index is 12.5. The van der Waals surface area contributed by atoms with Crippen LogP contribution >= 0.6 is 23.4 Å². The van der Waals surface area contributed by atoms with Crippen molar-refractivity contribution in [2.45, 2.75) is 44.9 Å². The van der Waals surface area contributed by atoms with Crippen molar-refractivity contribution in [2.75, 3.05) is 25.4 Å². The van der Waals surface area contributed by atoms with Gasteiger partial charge in [0.25, 0.3) is 0 Å². The number of benzene rings is 1.